The quantitative estimate of drug-likeness (QED) is 0.890. The van der Waals surface area contributed by atoms with Gasteiger partial charge in [0.15, 0.2) is 0 Å². The molecule has 2 aliphatic heterocycles. The number of ether oxygens (including phenoxy) is 1. The van der Waals surface area contributed by atoms with Crippen LogP contribution in [0, 0.1) is 5.92 Å². The first kappa shape index (κ1) is 14.8. The van der Waals surface area contributed by atoms with Crippen LogP contribution in [-0.4, -0.2) is 38.8 Å². The predicted octanol–water partition coefficient (Wildman–Crippen LogP) is 1.72. The molecule has 1 aromatic carbocycles. The number of rotatable bonds is 4. The molecular formula is C16H21ClN2O2. The first-order chi connectivity index (χ1) is 10.2. The molecule has 0 spiro atoms. The Morgan fingerprint density at radius 1 is 1.29 bits per heavy atom. The van der Waals surface area contributed by atoms with E-state index in [1.54, 1.807) is 0 Å². The predicted molar refractivity (Wildman–Crippen MR) is 82.6 cm³/mol. The van der Waals surface area contributed by atoms with E-state index in [-0.39, 0.29) is 5.91 Å². The molecule has 2 N–H and O–H groups in total. The summed E-state index contributed by atoms with van der Waals surface area (Å²) < 4.78 is 5.46. The molecule has 0 radical (unpaired) electrons. The summed E-state index contributed by atoms with van der Waals surface area (Å²) in [5.41, 5.74) is 0.569. The lowest BCUT2D eigenvalue weighted by Gasteiger charge is -2.37. The van der Waals surface area contributed by atoms with Crippen LogP contribution in [0.15, 0.2) is 24.3 Å². The second-order valence-electron chi connectivity index (χ2n) is 5.94. The monoisotopic (exact) mass is 308 g/mol. The Hall–Kier alpha value is -1.10. The van der Waals surface area contributed by atoms with Gasteiger partial charge in [0.2, 0.25) is 5.91 Å². The second-order valence-corrected chi connectivity index (χ2v) is 6.37. The van der Waals surface area contributed by atoms with Crippen molar-refractivity contribution in [3.63, 3.8) is 0 Å². The average Bonchev–Trinajstić information content (AvgIpc) is 2.47. The van der Waals surface area contributed by atoms with Crippen molar-refractivity contribution in [3.05, 3.63) is 34.9 Å². The first-order valence-electron chi connectivity index (χ1n) is 7.53. The molecule has 0 saturated carbocycles. The number of amides is 1. The van der Waals surface area contributed by atoms with E-state index in [0.717, 1.165) is 38.0 Å². The van der Waals surface area contributed by atoms with Gasteiger partial charge in [0, 0.05) is 43.8 Å². The van der Waals surface area contributed by atoms with Gasteiger partial charge in [-0.15, -0.1) is 0 Å². The maximum Gasteiger partial charge on any atom is 0.230 e. The van der Waals surface area contributed by atoms with Gasteiger partial charge in [0.1, 0.15) is 0 Å². The highest BCUT2D eigenvalue weighted by Crippen LogP contribution is 2.35. The SMILES string of the molecule is O=C(NCC1CNC1)C1(c2ccc(Cl)cc2)CCOCC1. The summed E-state index contributed by atoms with van der Waals surface area (Å²) in [6.45, 7) is 4.00. The number of carbonyl (C=O) groups excluding carboxylic acids is 1. The normalized spacial score (nSPS) is 21.6. The van der Waals surface area contributed by atoms with Gasteiger partial charge in [-0.1, -0.05) is 23.7 Å². The standard InChI is InChI=1S/C16H21ClN2O2/c17-14-3-1-13(2-4-14)16(5-7-21-8-6-16)15(20)19-11-12-9-18-10-12/h1-4,12,18H,5-11H2,(H,19,20). The number of hydrogen-bond donors (Lipinski definition) is 2. The highest BCUT2D eigenvalue weighted by Gasteiger charge is 2.41. The summed E-state index contributed by atoms with van der Waals surface area (Å²) in [6, 6.07) is 7.66. The molecule has 114 valence electrons. The third-order valence-corrected chi connectivity index (χ3v) is 4.85. The van der Waals surface area contributed by atoms with Crippen molar-refractivity contribution in [1.82, 2.24) is 10.6 Å². The Balaban J connectivity index is 1.78. The Morgan fingerprint density at radius 3 is 2.52 bits per heavy atom. The zero-order chi connectivity index (χ0) is 14.7. The Morgan fingerprint density at radius 2 is 1.95 bits per heavy atom. The van der Waals surface area contributed by atoms with Gasteiger partial charge >= 0.3 is 0 Å². The van der Waals surface area contributed by atoms with E-state index in [2.05, 4.69) is 10.6 Å². The van der Waals surface area contributed by atoms with Gasteiger partial charge in [0.05, 0.1) is 5.41 Å². The zero-order valence-electron chi connectivity index (χ0n) is 12.0. The summed E-state index contributed by atoms with van der Waals surface area (Å²) in [5, 5.41) is 7.06. The maximum atomic E-state index is 12.8. The van der Waals surface area contributed by atoms with Gasteiger partial charge in [-0.2, -0.15) is 0 Å². The minimum Gasteiger partial charge on any atom is -0.381 e. The Kier molecular flexibility index (Phi) is 4.48. The number of carbonyl (C=O) groups is 1. The van der Waals surface area contributed by atoms with Crippen molar-refractivity contribution in [2.45, 2.75) is 18.3 Å². The molecule has 0 atom stereocenters. The molecule has 0 unspecified atom stereocenters. The summed E-state index contributed by atoms with van der Waals surface area (Å²) in [5.74, 6) is 0.691. The fraction of sp³-hybridized carbons (Fsp3) is 0.562. The largest absolute Gasteiger partial charge is 0.381 e. The van der Waals surface area contributed by atoms with Crippen LogP contribution in [0.2, 0.25) is 5.02 Å². The highest BCUT2D eigenvalue weighted by atomic mass is 35.5. The summed E-state index contributed by atoms with van der Waals surface area (Å²) in [4.78, 5) is 12.8. The van der Waals surface area contributed by atoms with Gasteiger partial charge in [0.25, 0.3) is 0 Å². The lowest BCUT2D eigenvalue weighted by atomic mass is 9.73. The Bertz CT molecular complexity index is 494. The molecule has 1 aromatic rings. The molecule has 2 fully saturated rings. The molecule has 3 rings (SSSR count). The van der Waals surface area contributed by atoms with Gasteiger partial charge < -0.3 is 15.4 Å². The van der Waals surface area contributed by atoms with Crippen LogP contribution in [0.5, 0.6) is 0 Å². The molecule has 0 bridgehead atoms. The van der Waals surface area contributed by atoms with E-state index in [0.29, 0.717) is 24.2 Å². The lowest BCUT2D eigenvalue weighted by Crippen LogP contribution is -2.53. The van der Waals surface area contributed by atoms with Crippen molar-refractivity contribution in [2.75, 3.05) is 32.8 Å². The van der Waals surface area contributed by atoms with E-state index in [9.17, 15) is 4.79 Å². The minimum atomic E-state index is -0.472. The topological polar surface area (TPSA) is 50.4 Å². The molecule has 2 heterocycles. The maximum absolute atomic E-state index is 12.8. The van der Waals surface area contributed by atoms with Crippen LogP contribution in [0.3, 0.4) is 0 Å². The average molecular weight is 309 g/mol. The van der Waals surface area contributed by atoms with Crippen molar-refractivity contribution in [2.24, 2.45) is 5.92 Å². The van der Waals surface area contributed by atoms with Crippen LogP contribution < -0.4 is 10.6 Å². The van der Waals surface area contributed by atoms with E-state index >= 15 is 0 Å². The van der Waals surface area contributed by atoms with Crippen molar-refractivity contribution >= 4 is 17.5 Å². The van der Waals surface area contributed by atoms with Gasteiger partial charge in [-0.25, -0.2) is 0 Å². The summed E-state index contributed by atoms with van der Waals surface area (Å²) >= 11 is 5.97. The highest BCUT2D eigenvalue weighted by molar-refractivity contribution is 6.30. The van der Waals surface area contributed by atoms with Gasteiger partial charge in [-0.05, 0) is 30.5 Å². The molecule has 2 aliphatic rings. The second kappa shape index (κ2) is 6.34. The molecule has 21 heavy (non-hydrogen) atoms. The lowest BCUT2D eigenvalue weighted by molar-refractivity contribution is -0.130. The molecule has 5 heteroatoms. The summed E-state index contributed by atoms with van der Waals surface area (Å²) in [7, 11) is 0. The molecule has 4 nitrogen and oxygen atoms in total. The first-order valence-corrected chi connectivity index (χ1v) is 7.91. The van der Waals surface area contributed by atoms with Crippen LogP contribution in [0.1, 0.15) is 18.4 Å². The number of hydrogen-bond acceptors (Lipinski definition) is 3. The number of halogens is 1. The minimum absolute atomic E-state index is 0.125. The van der Waals surface area contributed by atoms with Crippen LogP contribution in [0.25, 0.3) is 0 Å². The molecule has 0 aromatic heterocycles. The molecule has 1 amide bonds. The van der Waals surface area contributed by atoms with E-state index < -0.39 is 5.41 Å². The van der Waals surface area contributed by atoms with Gasteiger partial charge in [-0.3, -0.25) is 4.79 Å². The Labute approximate surface area is 130 Å². The number of nitrogens with one attached hydrogen (secondary N) is 2. The fourth-order valence-corrected chi connectivity index (χ4v) is 3.16. The van der Waals surface area contributed by atoms with Crippen LogP contribution >= 0.6 is 11.6 Å². The number of benzene rings is 1. The smallest absolute Gasteiger partial charge is 0.230 e. The van der Waals surface area contributed by atoms with Crippen molar-refractivity contribution < 1.29 is 9.53 Å². The van der Waals surface area contributed by atoms with Crippen molar-refractivity contribution in [3.8, 4) is 0 Å². The molecule has 2 saturated heterocycles. The van der Waals surface area contributed by atoms with E-state index in [4.69, 9.17) is 16.3 Å². The molecule has 0 aliphatic carbocycles. The third kappa shape index (κ3) is 3.07. The fourth-order valence-electron chi connectivity index (χ4n) is 3.03. The van der Waals surface area contributed by atoms with Crippen LogP contribution in [-0.2, 0) is 14.9 Å². The third-order valence-electron chi connectivity index (χ3n) is 4.60. The summed E-state index contributed by atoms with van der Waals surface area (Å²) in [6.07, 6.45) is 1.45. The van der Waals surface area contributed by atoms with Crippen molar-refractivity contribution in [1.29, 1.82) is 0 Å². The van der Waals surface area contributed by atoms with Crippen LogP contribution in [0.4, 0.5) is 0 Å². The van der Waals surface area contributed by atoms with E-state index in [1.165, 1.54) is 0 Å². The van der Waals surface area contributed by atoms with E-state index in [1.807, 2.05) is 24.3 Å². The zero-order valence-corrected chi connectivity index (χ0v) is 12.8. The molecular weight excluding hydrogens is 288 g/mol.